The minimum Gasteiger partial charge on any atom is -0.398 e. The van der Waals surface area contributed by atoms with Crippen molar-refractivity contribution in [2.75, 3.05) is 5.73 Å². The summed E-state index contributed by atoms with van der Waals surface area (Å²) in [5.74, 6) is 0.668. The van der Waals surface area contributed by atoms with Crippen molar-refractivity contribution in [3.8, 4) is 11.4 Å². The van der Waals surface area contributed by atoms with Crippen LogP contribution in [0.3, 0.4) is 0 Å². The molecule has 0 saturated carbocycles. The molecule has 0 saturated heterocycles. The van der Waals surface area contributed by atoms with Gasteiger partial charge in [0.2, 0.25) is 0 Å². The molecule has 84 valence electrons. The number of hydrogen-bond donors (Lipinski definition) is 2. The van der Waals surface area contributed by atoms with Gasteiger partial charge in [-0.15, -0.1) is 0 Å². The van der Waals surface area contributed by atoms with Gasteiger partial charge < -0.3 is 5.73 Å². The Kier molecular flexibility index (Phi) is 2.85. The highest BCUT2D eigenvalue weighted by atomic mass is 19.1. The molecule has 0 atom stereocenters. The molecule has 4 nitrogen and oxygen atoms in total. The normalized spacial score (nSPS) is 10.6. The van der Waals surface area contributed by atoms with Crippen LogP contribution >= 0.6 is 0 Å². The highest BCUT2D eigenvalue weighted by Crippen LogP contribution is 2.25. The van der Waals surface area contributed by atoms with Crippen LogP contribution < -0.4 is 5.73 Å². The number of rotatable bonds is 3. The molecule has 0 fully saturated rings. The van der Waals surface area contributed by atoms with Crippen LogP contribution in [0.2, 0.25) is 0 Å². The second kappa shape index (κ2) is 4.30. The van der Waals surface area contributed by atoms with Crippen LogP contribution in [-0.2, 0) is 6.42 Å². The number of H-pyrrole nitrogens is 1. The molecular formula is C11H13FN4. The number of aryl methyl sites for hydroxylation is 1. The van der Waals surface area contributed by atoms with Crippen molar-refractivity contribution in [1.29, 1.82) is 0 Å². The zero-order valence-electron chi connectivity index (χ0n) is 9.00. The van der Waals surface area contributed by atoms with Crippen LogP contribution in [0, 0.1) is 5.82 Å². The van der Waals surface area contributed by atoms with Gasteiger partial charge in [-0.25, -0.2) is 9.37 Å². The van der Waals surface area contributed by atoms with E-state index in [0.29, 0.717) is 11.5 Å². The molecule has 1 aromatic carbocycles. The molecule has 2 rings (SSSR count). The first-order chi connectivity index (χ1) is 7.72. The van der Waals surface area contributed by atoms with Gasteiger partial charge in [-0.05, 0) is 18.6 Å². The standard InChI is InChI=1S/C11H13FN4/c1-2-4-9-14-11(16-15-9)10-7(12)5-3-6-8(10)13/h3,5-6H,2,4,13H2,1H3,(H,14,15,16). The molecule has 1 aromatic heterocycles. The zero-order chi connectivity index (χ0) is 11.5. The van der Waals surface area contributed by atoms with E-state index in [9.17, 15) is 4.39 Å². The van der Waals surface area contributed by atoms with Gasteiger partial charge in [0.05, 0.1) is 5.56 Å². The Labute approximate surface area is 92.7 Å². The number of nitrogens with one attached hydrogen (secondary N) is 1. The molecule has 2 aromatic rings. The van der Waals surface area contributed by atoms with Crippen LogP contribution in [0.25, 0.3) is 11.4 Å². The molecule has 0 spiro atoms. The highest BCUT2D eigenvalue weighted by molar-refractivity contribution is 5.71. The van der Waals surface area contributed by atoms with Crippen molar-refractivity contribution in [1.82, 2.24) is 15.2 Å². The molecule has 1 heterocycles. The fourth-order valence-electron chi connectivity index (χ4n) is 1.53. The topological polar surface area (TPSA) is 67.6 Å². The summed E-state index contributed by atoms with van der Waals surface area (Å²) in [4.78, 5) is 4.21. The third-order valence-electron chi connectivity index (χ3n) is 2.29. The lowest BCUT2D eigenvalue weighted by Gasteiger charge is -2.01. The number of nitrogens with zero attached hydrogens (tertiary/aromatic N) is 2. The van der Waals surface area contributed by atoms with E-state index in [2.05, 4.69) is 15.2 Å². The molecule has 0 radical (unpaired) electrons. The lowest BCUT2D eigenvalue weighted by molar-refractivity contribution is 0.630. The van der Waals surface area contributed by atoms with E-state index in [1.165, 1.54) is 6.07 Å². The zero-order valence-corrected chi connectivity index (χ0v) is 9.00. The smallest absolute Gasteiger partial charge is 0.186 e. The van der Waals surface area contributed by atoms with Gasteiger partial charge >= 0.3 is 0 Å². The number of hydrogen-bond acceptors (Lipinski definition) is 3. The van der Waals surface area contributed by atoms with Crippen LogP contribution in [-0.4, -0.2) is 15.2 Å². The quantitative estimate of drug-likeness (QED) is 0.779. The summed E-state index contributed by atoms with van der Waals surface area (Å²) in [7, 11) is 0. The molecule has 3 N–H and O–H groups in total. The third kappa shape index (κ3) is 1.88. The minimum atomic E-state index is -0.401. The summed E-state index contributed by atoms with van der Waals surface area (Å²) in [5.41, 5.74) is 6.32. The van der Waals surface area contributed by atoms with Crippen molar-refractivity contribution in [2.24, 2.45) is 0 Å². The number of anilines is 1. The van der Waals surface area contributed by atoms with Crippen LogP contribution in [0.4, 0.5) is 10.1 Å². The monoisotopic (exact) mass is 220 g/mol. The van der Waals surface area contributed by atoms with E-state index in [1.807, 2.05) is 6.92 Å². The fraction of sp³-hybridized carbons (Fsp3) is 0.273. The van der Waals surface area contributed by atoms with Gasteiger partial charge in [-0.3, -0.25) is 5.10 Å². The molecule has 0 bridgehead atoms. The average Bonchev–Trinajstić information content (AvgIpc) is 2.67. The maximum Gasteiger partial charge on any atom is 0.186 e. The summed E-state index contributed by atoms with van der Waals surface area (Å²) in [6, 6.07) is 4.55. The molecule has 0 unspecified atom stereocenters. The maximum absolute atomic E-state index is 13.6. The predicted octanol–water partition coefficient (Wildman–Crippen LogP) is 2.15. The van der Waals surface area contributed by atoms with Crippen LogP contribution in [0.15, 0.2) is 18.2 Å². The number of aromatic amines is 1. The Morgan fingerprint density at radius 3 is 2.94 bits per heavy atom. The molecule has 0 aliphatic heterocycles. The lowest BCUT2D eigenvalue weighted by Crippen LogP contribution is -1.95. The van der Waals surface area contributed by atoms with E-state index >= 15 is 0 Å². The second-order valence-electron chi connectivity index (χ2n) is 3.56. The first kappa shape index (κ1) is 10.6. The number of benzene rings is 1. The van der Waals surface area contributed by atoms with Crippen molar-refractivity contribution in [3.63, 3.8) is 0 Å². The summed E-state index contributed by atoms with van der Waals surface area (Å²) in [6.07, 6.45) is 1.75. The predicted molar refractivity (Wildman–Crippen MR) is 60.2 cm³/mol. The Morgan fingerprint density at radius 2 is 2.25 bits per heavy atom. The van der Waals surface area contributed by atoms with Crippen molar-refractivity contribution in [2.45, 2.75) is 19.8 Å². The van der Waals surface area contributed by atoms with Gasteiger partial charge in [-0.2, -0.15) is 5.10 Å². The van der Waals surface area contributed by atoms with Gasteiger partial charge in [0, 0.05) is 12.1 Å². The van der Waals surface area contributed by atoms with E-state index in [1.54, 1.807) is 12.1 Å². The van der Waals surface area contributed by atoms with Crippen LogP contribution in [0.5, 0.6) is 0 Å². The Bertz CT molecular complexity index is 472. The fourth-order valence-corrected chi connectivity index (χ4v) is 1.53. The average molecular weight is 220 g/mol. The molecule has 16 heavy (non-hydrogen) atoms. The summed E-state index contributed by atoms with van der Waals surface area (Å²) < 4.78 is 13.6. The molecule has 0 aliphatic carbocycles. The molecule has 5 heteroatoms. The number of nitrogen functional groups attached to an aromatic ring is 1. The second-order valence-corrected chi connectivity index (χ2v) is 3.56. The third-order valence-corrected chi connectivity index (χ3v) is 2.29. The summed E-state index contributed by atoms with van der Waals surface area (Å²) >= 11 is 0. The first-order valence-corrected chi connectivity index (χ1v) is 5.18. The lowest BCUT2D eigenvalue weighted by atomic mass is 10.1. The van der Waals surface area contributed by atoms with Crippen molar-refractivity contribution < 1.29 is 4.39 Å². The minimum absolute atomic E-state index is 0.265. The molecule has 0 aliphatic rings. The summed E-state index contributed by atoms with van der Waals surface area (Å²) in [6.45, 7) is 2.04. The number of aromatic nitrogens is 3. The first-order valence-electron chi connectivity index (χ1n) is 5.18. The number of nitrogens with two attached hydrogens (primary N) is 1. The Hall–Kier alpha value is -1.91. The van der Waals surface area contributed by atoms with Crippen molar-refractivity contribution in [3.05, 3.63) is 29.8 Å². The van der Waals surface area contributed by atoms with Gasteiger partial charge in [0.15, 0.2) is 5.82 Å². The SMILES string of the molecule is CCCc1nc(-c2c(N)cccc2F)n[nH]1. The van der Waals surface area contributed by atoms with E-state index in [4.69, 9.17) is 5.73 Å². The van der Waals surface area contributed by atoms with Gasteiger partial charge in [0.1, 0.15) is 11.6 Å². The Morgan fingerprint density at radius 1 is 1.44 bits per heavy atom. The Balaban J connectivity index is 2.42. The largest absolute Gasteiger partial charge is 0.398 e. The van der Waals surface area contributed by atoms with Crippen molar-refractivity contribution >= 4 is 5.69 Å². The summed E-state index contributed by atoms with van der Waals surface area (Å²) in [5, 5.41) is 6.75. The molecule has 0 amide bonds. The van der Waals surface area contributed by atoms with Gasteiger partial charge in [0.25, 0.3) is 0 Å². The van der Waals surface area contributed by atoms with E-state index in [0.717, 1.165) is 18.7 Å². The van der Waals surface area contributed by atoms with Gasteiger partial charge in [-0.1, -0.05) is 13.0 Å². The highest BCUT2D eigenvalue weighted by Gasteiger charge is 2.13. The van der Waals surface area contributed by atoms with E-state index in [-0.39, 0.29) is 5.56 Å². The maximum atomic E-state index is 13.6. The van der Waals surface area contributed by atoms with E-state index < -0.39 is 5.82 Å². The number of halogens is 1. The van der Waals surface area contributed by atoms with Crippen LogP contribution in [0.1, 0.15) is 19.2 Å². The molecular weight excluding hydrogens is 207 g/mol.